The van der Waals surface area contributed by atoms with Crippen LogP contribution in [0.5, 0.6) is 0 Å². The fourth-order valence-electron chi connectivity index (χ4n) is 2.26. The number of halogens is 3. The lowest BCUT2D eigenvalue weighted by molar-refractivity contribution is -0.142. The number of benzene rings is 1. The molecule has 0 amide bonds. The van der Waals surface area contributed by atoms with E-state index in [1.54, 1.807) is 18.2 Å². The van der Waals surface area contributed by atoms with Crippen LogP contribution < -0.4 is 0 Å². The molecule has 114 valence electrons. The summed E-state index contributed by atoms with van der Waals surface area (Å²) in [4.78, 5) is 19.7. The molecule has 0 saturated carbocycles. The molecule has 2 heterocycles. The number of para-hydroxylation sites is 2. The number of aromatic nitrogens is 3. The van der Waals surface area contributed by atoms with E-state index in [0.29, 0.717) is 5.52 Å². The molecule has 0 saturated heterocycles. The molecule has 0 aliphatic rings. The van der Waals surface area contributed by atoms with Gasteiger partial charge in [0.15, 0.2) is 0 Å². The maximum absolute atomic E-state index is 13.5. The summed E-state index contributed by atoms with van der Waals surface area (Å²) < 4.78 is 46.0. The van der Waals surface area contributed by atoms with Gasteiger partial charge in [-0.3, -0.25) is 4.40 Å². The van der Waals surface area contributed by atoms with Crippen molar-refractivity contribution in [2.75, 3.05) is 6.61 Å². The molecule has 0 unspecified atom stereocenters. The summed E-state index contributed by atoms with van der Waals surface area (Å²) >= 11 is 0. The first-order valence-electron chi connectivity index (χ1n) is 6.44. The van der Waals surface area contributed by atoms with Crippen molar-refractivity contribution in [1.82, 2.24) is 14.4 Å². The minimum Gasteiger partial charge on any atom is -0.462 e. The van der Waals surface area contributed by atoms with E-state index in [4.69, 9.17) is 0 Å². The molecule has 0 radical (unpaired) electrons. The summed E-state index contributed by atoms with van der Waals surface area (Å²) in [7, 11) is 0. The smallest absolute Gasteiger partial charge is 0.432 e. The monoisotopic (exact) mass is 309 g/mol. The third kappa shape index (κ3) is 2.16. The van der Waals surface area contributed by atoms with Crippen LogP contribution in [-0.2, 0) is 10.9 Å². The number of imidazole rings is 1. The summed E-state index contributed by atoms with van der Waals surface area (Å²) in [6.45, 7) is 1.49. The lowest BCUT2D eigenvalue weighted by Crippen LogP contribution is -2.20. The van der Waals surface area contributed by atoms with Crippen LogP contribution in [0.25, 0.3) is 16.8 Å². The second-order valence-electron chi connectivity index (χ2n) is 4.47. The number of ether oxygens (including phenoxy) is 1. The minimum atomic E-state index is -4.76. The van der Waals surface area contributed by atoms with Gasteiger partial charge in [-0.15, -0.1) is 0 Å². The van der Waals surface area contributed by atoms with E-state index >= 15 is 0 Å². The zero-order valence-corrected chi connectivity index (χ0v) is 11.4. The van der Waals surface area contributed by atoms with Crippen LogP contribution in [0.4, 0.5) is 13.2 Å². The molecule has 3 aromatic rings. The minimum absolute atomic E-state index is 0.0289. The number of hydrogen-bond donors (Lipinski definition) is 0. The Balaban J connectivity index is 2.43. The van der Waals surface area contributed by atoms with Crippen molar-refractivity contribution < 1.29 is 22.7 Å². The summed E-state index contributed by atoms with van der Waals surface area (Å²) in [5.74, 6) is -1.19. The zero-order valence-electron chi connectivity index (χ0n) is 11.4. The van der Waals surface area contributed by atoms with Crippen molar-refractivity contribution in [2.24, 2.45) is 0 Å². The van der Waals surface area contributed by atoms with Gasteiger partial charge >= 0.3 is 12.1 Å². The summed E-state index contributed by atoms with van der Waals surface area (Å²) in [5, 5.41) is 0. The first-order valence-corrected chi connectivity index (χ1v) is 6.44. The number of nitrogens with zero attached hydrogens (tertiary/aromatic N) is 3. The van der Waals surface area contributed by atoms with E-state index in [0.717, 1.165) is 10.6 Å². The van der Waals surface area contributed by atoms with Gasteiger partial charge in [0.25, 0.3) is 0 Å². The molecule has 0 N–H and O–H groups in total. The third-order valence-electron chi connectivity index (χ3n) is 3.09. The standard InChI is InChI=1S/C14H10F3N3O2/c1-2-22-12(21)8-7-18-13-19-9-5-3-4-6-10(9)20(13)11(8)14(15,16)17/h3-7H,2H2,1H3. The molecule has 8 heteroatoms. The molecule has 3 rings (SSSR count). The van der Waals surface area contributed by atoms with Gasteiger partial charge in [-0.2, -0.15) is 13.2 Å². The van der Waals surface area contributed by atoms with E-state index in [9.17, 15) is 18.0 Å². The normalized spacial score (nSPS) is 12.0. The molecule has 0 fully saturated rings. The highest BCUT2D eigenvalue weighted by Crippen LogP contribution is 2.34. The lowest BCUT2D eigenvalue weighted by atomic mass is 10.2. The van der Waals surface area contributed by atoms with Gasteiger partial charge in [0, 0.05) is 6.20 Å². The molecular weight excluding hydrogens is 299 g/mol. The van der Waals surface area contributed by atoms with Crippen LogP contribution in [0.2, 0.25) is 0 Å². The quantitative estimate of drug-likeness (QED) is 0.683. The summed E-state index contributed by atoms with van der Waals surface area (Å²) in [6, 6.07) is 6.32. The maximum atomic E-state index is 13.5. The average Bonchev–Trinajstić information content (AvgIpc) is 2.83. The predicted octanol–water partition coefficient (Wildman–Crippen LogP) is 3.08. The van der Waals surface area contributed by atoms with Gasteiger partial charge in [-0.1, -0.05) is 12.1 Å². The number of alkyl halides is 3. The first-order chi connectivity index (χ1) is 10.4. The number of carbonyl (C=O) groups excluding carboxylic acids is 1. The maximum Gasteiger partial charge on any atom is 0.432 e. The van der Waals surface area contributed by atoms with Crippen molar-refractivity contribution in [3.63, 3.8) is 0 Å². The lowest BCUT2D eigenvalue weighted by Gasteiger charge is -2.14. The van der Waals surface area contributed by atoms with E-state index in [1.165, 1.54) is 13.0 Å². The number of carbonyl (C=O) groups is 1. The van der Waals surface area contributed by atoms with Gasteiger partial charge < -0.3 is 4.74 Å². The molecule has 0 aliphatic heterocycles. The highest BCUT2D eigenvalue weighted by Gasteiger charge is 2.39. The molecule has 5 nitrogen and oxygen atoms in total. The first kappa shape index (κ1) is 14.3. The van der Waals surface area contributed by atoms with Crippen molar-refractivity contribution >= 4 is 22.8 Å². The molecule has 0 atom stereocenters. The molecular formula is C14H10F3N3O2. The highest BCUT2D eigenvalue weighted by molar-refractivity contribution is 5.92. The molecule has 22 heavy (non-hydrogen) atoms. The van der Waals surface area contributed by atoms with Crippen molar-refractivity contribution in [2.45, 2.75) is 13.1 Å². The van der Waals surface area contributed by atoms with Gasteiger partial charge in [0.05, 0.1) is 17.6 Å². The molecule has 2 aromatic heterocycles. The van der Waals surface area contributed by atoms with Gasteiger partial charge in [0.2, 0.25) is 5.78 Å². The Hall–Kier alpha value is -2.64. The third-order valence-corrected chi connectivity index (χ3v) is 3.09. The van der Waals surface area contributed by atoms with Crippen LogP contribution in [0, 0.1) is 0 Å². The predicted molar refractivity (Wildman–Crippen MR) is 71.5 cm³/mol. The van der Waals surface area contributed by atoms with Crippen LogP contribution >= 0.6 is 0 Å². The number of hydrogen-bond acceptors (Lipinski definition) is 4. The van der Waals surface area contributed by atoms with Gasteiger partial charge in [-0.25, -0.2) is 14.8 Å². The molecule has 0 aliphatic carbocycles. The largest absolute Gasteiger partial charge is 0.462 e. The van der Waals surface area contributed by atoms with Crippen molar-refractivity contribution in [1.29, 1.82) is 0 Å². The Morgan fingerprint density at radius 1 is 1.32 bits per heavy atom. The Morgan fingerprint density at radius 3 is 2.73 bits per heavy atom. The van der Waals surface area contributed by atoms with Crippen molar-refractivity contribution in [3.8, 4) is 0 Å². The SMILES string of the molecule is CCOC(=O)c1cnc2nc3ccccc3n2c1C(F)(F)F. The second kappa shape index (κ2) is 4.97. The number of esters is 1. The van der Waals surface area contributed by atoms with Crippen LogP contribution in [0.1, 0.15) is 23.0 Å². The van der Waals surface area contributed by atoms with E-state index in [2.05, 4.69) is 14.7 Å². The van der Waals surface area contributed by atoms with Crippen molar-refractivity contribution in [3.05, 3.63) is 41.7 Å². The van der Waals surface area contributed by atoms with Crippen LogP contribution in [0.3, 0.4) is 0 Å². The number of rotatable bonds is 2. The van der Waals surface area contributed by atoms with Gasteiger partial charge in [0.1, 0.15) is 11.3 Å². The second-order valence-corrected chi connectivity index (χ2v) is 4.47. The van der Waals surface area contributed by atoms with Crippen LogP contribution in [-0.4, -0.2) is 26.9 Å². The van der Waals surface area contributed by atoms with E-state index in [1.807, 2.05) is 0 Å². The highest BCUT2D eigenvalue weighted by atomic mass is 19.4. The summed E-state index contributed by atoms with van der Waals surface area (Å²) in [5.41, 5.74) is -1.18. The van der Waals surface area contributed by atoms with Gasteiger partial charge in [-0.05, 0) is 19.1 Å². The fourth-order valence-corrected chi connectivity index (χ4v) is 2.26. The Morgan fingerprint density at radius 2 is 2.05 bits per heavy atom. The molecule has 0 spiro atoms. The Bertz CT molecular complexity index is 871. The fraction of sp³-hybridized carbons (Fsp3) is 0.214. The summed E-state index contributed by atoms with van der Waals surface area (Å²) in [6.07, 6.45) is -3.91. The average molecular weight is 309 g/mol. The van der Waals surface area contributed by atoms with Crippen LogP contribution in [0.15, 0.2) is 30.5 Å². The zero-order chi connectivity index (χ0) is 15.9. The Kier molecular flexibility index (Phi) is 3.23. The molecule has 1 aromatic carbocycles. The topological polar surface area (TPSA) is 56.5 Å². The molecule has 0 bridgehead atoms. The number of fused-ring (bicyclic) bond motifs is 3. The van der Waals surface area contributed by atoms with E-state index in [-0.39, 0.29) is 17.9 Å². The Labute approximate surface area is 122 Å². The van der Waals surface area contributed by atoms with E-state index < -0.39 is 23.4 Å².